The number of aromatic nitrogens is 3. The highest BCUT2D eigenvalue weighted by Crippen LogP contribution is 2.25. The summed E-state index contributed by atoms with van der Waals surface area (Å²) in [5, 5.41) is 13.4. The van der Waals surface area contributed by atoms with Gasteiger partial charge in [-0.1, -0.05) is 5.21 Å². The molecule has 1 amide bonds. The number of hydrogen-bond acceptors (Lipinski definition) is 5. The van der Waals surface area contributed by atoms with Crippen molar-refractivity contribution in [2.45, 2.75) is 32.4 Å². The molecular weight excluding hydrogens is 298 g/mol. The van der Waals surface area contributed by atoms with Gasteiger partial charge in [-0.25, -0.2) is 4.68 Å². The largest absolute Gasteiger partial charge is 0.338 e. The Labute approximate surface area is 134 Å². The minimum absolute atomic E-state index is 0.167. The molecule has 0 saturated carbocycles. The van der Waals surface area contributed by atoms with E-state index in [1.54, 1.807) is 0 Å². The van der Waals surface area contributed by atoms with Crippen LogP contribution in [0, 0.1) is 6.92 Å². The van der Waals surface area contributed by atoms with Crippen LogP contribution in [-0.4, -0.2) is 45.9 Å². The Hall–Kier alpha value is -1.73. The lowest BCUT2D eigenvalue weighted by molar-refractivity contribution is 0.0693. The molecule has 0 aromatic carbocycles. The van der Waals surface area contributed by atoms with Gasteiger partial charge in [0.15, 0.2) is 0 Å². The molecule has 3 heterocycles. The zero-order chi connectivity index (χ0) is 15.5. The maximum Gasteiger partial charge on any atom is 0.264 e. The van der Waals surface area contributed by atoms with E-state index in [4.69, 9.17) is 0 Å². The van der Waals surface area contributed by atoms with E-state index in [1.165, 1.54) is 11.3 Å². The molecule has 118 valence electrons. The zero-order valence-electron chi connectivity index (χ0n) is 13.0. The van der Waals surface area contributed by atoms with Crippen LogP contribution < -0.4 is 5.32 Å². The Balaban J connectivity index is 1.60. The smallest absolute Gasteiger partial charge is 0.264 e. The van der Waals surface area contributed by atoms with E-state index in [0.717, 1.165) is 48.6 Å². The minimum atomic E-state index is 0.167. The molecule has 1 fully saturated rings. The lowest BCUT2D eigenvalue weighted by Crippen LogP contribution is -2.39. The number of amides is 1. The molecule has 1 aliphatic rings. The summed E-state index contributed by atoms with van der Waals surface area (Å²) >= 11 is 1.53. The molecule has 0 radical (unpaired) electrons. The van der Waals surface area contributed by atoms with Crippen LogP contribution in [0.25, 0.3) is 0 Å². The molecular formula is C15H21N5OS. The van der Waals surface area contributed by atoms with Crippen molar-refractivity contribution in [2.24, 2.45) is 0 Å². The first-order chi connectivity index (χ1) is 10.7. The quantitative estimate of drug-likeness (QED) is 0.934. The van der Waals surface area contributed by atoms with Gasteiger partial charge in [-0.15, -0.1) is 16.4 Å². The summed E-state index contributed by atoms with van der Waals surface area (Å²) < 4.78 is 1.95. The summed E-state index contributed by atoms with van der Waals surface area (Å²) in [5.41, 5.74) is 2.03. The van der Waals surface area contributed by atoms with Crippen LogP contribution >= 0.6 is 11.3 Å². The second kappa shape index (κ2) is 6.58. The number of piperidine rings is 1. The molecule has 2 aromatic heterocycles. The third-order valence-electron chi connectivity index (χ3n) is 4.10. The van der Waals surface area contributed by atoms with Crippen LogP contribution in [0.4, 0.5) is 0 Å². The van der Waals surface area contributed by atoms with Crippen LogP contribution in [0.2, 0.25) is 0 Å². The summed E-state index contributed by atoms with van der Waals surface area (Å²) in [4.78, 5) is 15.3. The fourth-order valence-electron chi connectivity index (χ4n) is 2.82. The number of likely N-dealkylation sites (tertiary alicyclic amines) is 1. The van der Waals surface area contributed by atoms with E-state index in [2.05, 4.69) is 15.6 Å². The minimum Gasteiger partial charge on any atom is -0.338 e. The third-order valence-corrected chi connectivity index (χ3v) is 5.10. The highest BCUT2D eigenvalue weighted by atomic mass is 32.1. The van der Waals surface area contributed by atoms with E-state index in [9.17, 15) is 4.79 Å². The predicted octanol–water partition coefficient (Wildman–Crippen LogP) is 1.84. The number of nitrogens with zero attached hydrogens (tertiary/aromatic N) is 4. The van der Waals surface area contributed by atoms with Crippen molar-refractivity contribution >= 4 is 17.2 Å². The van der Waals surface area contributed by atoms with Gasteiger partial charge in [0.2, 0.25) is 0 Å². The number of carbonyl (C=O) groups is 1. The third kappa shape index (κ3) is 3.05. The monoisotopic (exact) mass is 319 g/mol. The van der Waals surface area contributed by atoms with Gasteiger partial charge < -0.3 is 10.2 Å². The molecule has 2 aromatic rings. The molecule has 0 aliphatic carbocycles. The lowest BCUT2D eigenvalue weighted by Gasteiger charge is -2.31. The Morgan fingerprint density at radius 3 is 2.86 bits per heavy atom. The fourth-order valence-corrected chi connectivity index (χ4v) is 3.71. The average molecular weight is 319 g/mol. The Kier molecular flexibility index (Phi) is 4.54. The van der Waals surface area contributed by atoms with Gasteiger partial charge in [0, 0.05) is 19.6 Å². The van der Waals surface area contributed by atoms with Crippen LogP contribution in [0.3, 0.4) is 0 Å². The number of thiophene rings is 1. The Morgan fingerprint density at radius 2 is 2.23 bits per heavy atom. The first kappa shape index (κ1) is 15.2. The Morgan fingerprint density at radius 1 is 1.45 bits per heavy atom. The number of carbonyl (C=O) groups excluding carboxylic acids is 1. The van der Waals surface area contributed by atoms with E-state index >= 15 is 0 Å². The second-order valence-corrected chi connectivity index (χ2v) is 6.59. The molecule has 0 atom stereocenters. The topological polar surface area (TPSA) is 63.1 Å². The van der Waals surface area contributed by atoms with E-state index in [1.807, 2.05) is 41.2 Å². The van der Waals surface area contributed by atoms with Crippen LogP contribution in [0.15, 0.2) is 17.6 Å². The molecule has 0 unspecified atom stereocenters. The highest BCUT2D eigenvalue weighted by Gasteiger charge is 2.26. The second-order valence-electron chi connectivity index (χ2n) is 5.68. The van der Waals surface area contributed by atoms with Crippen LogP contribution in [0.1, 0.15) is 39.8 Å². The normalized spacial score (nSPS) is 16.2. The molecule has 1 aliphatic heterocycles. The highest BCUT2D eigenvalue weighted by molar-refractivity contribution is 7.12. The van der Waals surface area contributed by atoms with Crippen LogP contribution in [0.5, 0.6) is 0 Å². The number of rotatable bonds is 4. The van der Waals surface area contributed by atoms with Crippen molar-refractivity contribution in [3.8, 4) is 0 Å². The molecule has 7 heteroatoms. The standard InChI is InChI=1S/C15H21N5OS/c1-11-5-8-22-14(11)15(21)19-6-3-13(4-7-19)20-10-12(9-16-2)17-18-20/h5,8,10,13,16H,3-4,6-7,9H2,1-2H3. The van der Waals surface area contributed by atoms with Gasteiger partial charge in [-0.3, -0.25) is 4.79 Å². The molecule has 6 nitrogen and oxygen atoms in total. The van der Waals surface area contributed by atoms with E-state index in [0.29, 0.717) is 6.04 Å². The lowest BCUT2D eigenvalue weighted by atomic mass is 10.0. The molecule has 22 heavy (non-hydrogen) atoms. The van der Waals surface area contributed by atoms with Crippen molar-refractivity contribution in [3.63, 3.8) is 0 Å². The molecule has 1 saturated heterocycles. The van der Waals surface area contributed by atoms with Gasteiger partial charge in [0.25, 0.3) is 5.91 Å². The summed E-state index contributed by atoms with van der Waals surface area (Å²) in [7, 11) is 1.90. The fraction of sp³-hybridized carbons (Fsp3) is 0.533. The van der Waals surface area contributed by atoms with Crippen molar-refractivity contribution in [1.29, 1.82) is 0 Å². The van der Waals surface area contributed by atoms with Gasteiger partial charge >= 0.3 is 0 Å². The van der Waals surface area contributed by atoms with Crippen molar-refractivity contribution in [1.82, 2.24) is 25.2 Å². The molecule has 1 N–H and O–H groups in total. The summed E-state index contributed by atoms with van der Waals surface area (Å²) in [5.74, 6) is 0.167. The van der Waals surface area contributed by atoms with Gasteiger partial charge in [0.1, 0.15) is 0 Å². The van der Waals surface area contributed by atoms with E-state index < -0.39 is 0 Å². The maximum atomic E-state index is 12.5. The maximum absolute atomic E-state index is 12.5. The van der Waals surface area contributed by atoms with Crippen molar-refractivity contribution in [2.75, 3.05) is 20.1 Å². The van der Waals surface area contributed by atoms with Crippen molar-refractivity contribution in [3.05, 3.63) is 33.8 Å². The molecule has 0 bridgehead atoms. The van der Waals surface area contributed by atoms with Crippen LogP contribution in [-0.2, 0) is 6.54 Å². The predicted molar refractivity (Wildman–Crippen MR) is 86.0 cm³/mol. The van der Waals surface area contributed by atoms with E-state index in [-0.39, 0.29) is 5.91 Å². The first-order valence-corrected chi connectivity index (χ1v) is 8.45. The van der Waals surface area contributed by atoms with Crippen molar-refractivity contribution < 1.29 is 4.79 Å². The SMILES string of the molecule is CNCc1cn(C2CCN(C(=O)c3sccc3C)CC2)nn1. The Bertz CT molecular complexity index is 642. The van der Waals surface area contributed by atoms with Gasteiger partial charge in [-0.2, -0.15) is 0 Å². The van der Waals surface area contributed by atoms with Gasteiger partial charge in [-0.05, 0) is 43.8 Å². The summed E-state index contributed by atoms with van der Waals surface area (Å²) in [6.45, 7) is 4.29. The zero-order valence-corrected chi connectivity index (χ0v) is 13.8. The molecule has 3 rings (SSSR count). The first-order valence-electron chi connectivity index (χ1n) is 7.57. The number of aryl methyl sites for hydroxylation is 1. The number of hydrogen-bond donors (Lipinski definition) is 1. The summed E-state index contributed by atoms with van der Waals surface area (Å²) in [6, 6.07) is 2.34. The number of nitrogens with one attached hydrogen (secondary N) is 1. The summed E-state index contributed by atoms with van der Waals surface area (Å²) in [6.07, 6.45) is 3.86. The molecule has 0 spiro atoms. The average Bonchev–Trinajstić information content (AvgIpc) is 3.16. The van der Waals surface area contributed by atoms with Gasteiger partial charge in [0.05, 0.1) is 22.8 Å².